The zero-order valence-electron chi connectivity index (χ0n) is 9.75. The van der Waals surface area contributed by atoms with Crippen LogP contribution in [0.1, 0.15) is 46.5 Å². The van der Waals surface area contributed by atoms with Crippen molar-refractivity contribution in [2.24, 2.45) is 5.92 Å². The summed E-state index contributed by atoms with van der Waals surface area (Å²) in [7, 11) is 0. The van der Waals surface area contributed by atoms with Gasteiger partial charge >= 0.3 is 5.97 Å². The van der Waals surface area contributed by atoms with Gasteiger partial charge in [-0.15, -0.1) is 0 Å². The second-order valence-electron chi connectivity index (χ2n) is 3.10. The molecule has 0 saturated heterocycles. The van der Waals surface area contributed by atoms with Crippen molar-refractivity contribution in [3.8, 4) is 0 Å². The van der Waals surface area contributed by atoms with Crippen LogP contribution < -0.4 is 0 Å². The predicted molar refractivity (Wildman–Crippen MR) is 54.3 cm³/mol. The van der Waals surface area contributed by atoms with E-state index in [0.29, 0.717) is 0 Å². The zero-order chi connectivity index (χ0) is 11.6. The number of unbranched alkanes of at least 4 members (excludes halogenated alkanes) is 1. The molecule has 6 heteroatoms. The Balaban J connectivity index is -0.000000105. The minimum atomic E-state index is -0.833. The van der Waals surface area contributed by atoms with E-state index in [1.807, 2.05) is 6.92 Å². The third kappa shape index (κ3) is 23.6. The van der Waals surface area contributed by atoms with Gasteiger partial charge in [0.1, 0.15) is 0 Å². The monoisotopic (exact) mass is 320 g/mol. The van der Waals surface area contributed by atoms with Crippen LogP contribution in [0.4, 0.5) is 0 Å². The number of hydrogen-bond donors (Lipinski definition) is 2. The Kier molecular flexibility index (Phi) is 27.0. The van der Waals surface area contributed by atoms with Crippen molar-refractivity contribution in [3.63, 3.8) is 0 Å². The molecule has 16 heavy (non-hydrogen) atoms. The van der Waals surface area contributed by atoms with Crippen molar-refractivity contribution in [2.75, 3.05) is 0 Å². The fourth-order valence-electron chi connectivity index (χ4n) is 0.953. The largest absolute Gasteiger partial charge is 0.481 e. The van der Waals surface area contributed by atoms with Gasteiger partial charge in [-0.1, -0.05) is 26.7 Å². The maximum Gasteiger partial charge on any atom is 0.306 e. The number of hydrogen-bond acceptors (Lipinski definition) is 2. The Bertz CT molecular complexity index is 170. The Morgan fingerprint density at radius 3 is 1.69 bits per heavy atom. The molecule has 0 aliphatic carbocycles. The molecule has 1 unspecified atom stereocenters. The minimum Gasteiger partial charge on any atom is -0.481 e. The molecule has 0 bridgehead atoms. The first-order chi connectivity index (χ1) is 6.45. The standard InChI is InChI=1S/C8H16O2.C2H4O2.2Ni/c1-3-5-6-7(4-2)8(9)10;1-2(3)4;;/h7H,3-6H2,1-2H3,(H,9,10);1H3,(H,3,4);;. The van der Waals surface area contributed by atoms with Gasteiger partial charge in [-0.3, -0.25) is 9.59 Å². The molecule has 0 aromatic heterocycles. The van der Waals surface area contributed by atoms with Crippen molar-refractivity contribution < 1.29 is 52.8 Å². The average Bonchev–Trinajstić information content (AvgIpc) is 2.04. The summed E-state index contributed by atoms with van der Waals surface area (Å²) in [5.74, 6) is -1.59. The van der Waals surface area contributed by atoms with Gasteiger partial charge in [0.05, 0.1) is 5.92 Å². The molecule has 0 rings (SSSR count). The molecular formula is C10H20Ni2O4. The van der Waals surface area contributed by atoms with Crippen LogP contribution in [-0.4, -0.2) is 22.2 Å². The Morgan fingerprint density at radius 1 is 1.12 bits per heavy atom. The van der Waals surface area contributed by atoms with Crippen LogP contribution in [0, 0.1) is 5.92 Å². The summed E-state index contributed by atoms with van der Waals surface area (Å²) < 4.78 is 0. The van der Waals surface area contributed by atoms with Crippen molar-refractivity contribution in [2.45, 2.75) is 46.5 Å². The molecule has 0 heterocycles. The average molecular weight is 322 g/mol. The number of aliphatic carboxylic acids is 2. The summed E-state index contributed by atoms with van der Waals surface area (Å²) in [4.78, 5) is 19.4. The fraction of sp³-hybridized carbons (Fsp3) is 0.800. The topological polar surface area (TPSA) is 74.6 Å². The van der Waals surface area contributed by atoms with E-state index in [4.69, 9.17) is 15.0 Å². The smallest absolute Gasteiger partial charge is 0.306 e. The zero-order valence-corrected chi connectivity index (χ0v) is 11.7. The quantitative estimate of drug-likeness (QED) is 0.762. The Hall–Kier alpha value is -0.0730. The molecule has 0 spiro atoms. The number of carbonyl (C=O) groups is 2. The van der Waals surface area contributed by atoms with Crippen LogP contribution in [0.15, 0.2) is 0 Å². The van der Waals surface area contributed by atoms with Crippen molar-refractivity contribution in [1.29, 1.82) is 0 Å². The van der Waals surface area contributed by atoms with Crippen LogP contribution in [0.2, 0.25) is 0 Å². The first kappa shape index (κ1) is 24.9. The van der Waals surface area contributed by atoms with Gasteiger partial charge in [0, 0.05) is 39.9 Å². The van der Waals surface area contributed by atoms with Crippen LogP contribution in [-0.2, 0) is 42.6 Å². The predicted octanol–water partition coefficient (Wildman–Crippen LogP) is 2.37. The van der Waals surface area contributed by atoms with E-state index in [9.17, 15) is 4.79 Å². The molecule has 2 N–H and O–H groups in total. The van der Waals surface area contributed by atoms with Crippen molar-refractivity contribution >= 4 is 11.9 Å². The first-order valence-electron chi connectivity index (χ1n) is 4.87. The van der Waals surface area contributed by atoms with Crippen LogP contribution in [0.25, 0.3) is 0 Å². The SMILES string of the molecule is CC(=O)O.CCCCC(CC)C(=O)O.[Ni].[Ni]. The van der Waals surface area contributed by atoms with Crippen LogP contribution in [0.5, 0.6) is 0 Å². The fourth-order valence-corrected chi connectivity index (χ4v) is 0.953. The van der Waals surface area contributed by atoms with Gasteiger partial charge in [-0.2, -0.15) is 0 Å². The Morgan fingerprint density at radius 2 is 1.50 bits per heavy atom. The first-order valence-corrected chi connectivity index (χ1v) is 4.87. The molecule has 1 atom stereocenters. The second kappa shape index (κ2) is 17.3. The molecular weight excluding hydrogens is 301 g/mol. The van der Waals surface area contributed by atoms with E-state index >= 15 is 0 Å². The van der Waals surface area contributed by atoms with Gasteiger partial charge < -0.3 is 10.2 Å². The molecule has 0 aliphatic heterocycles. The second-order valence-corrected chi connectivity index (χ2v) is 3.10. The molecule has 0 saturated carbocycles. The third-order valence-electron chi connectivity index (χ3n) is 1.75. The molecule has 0 aliphatic rings. The minimum absolute atomic E-state index is 0. The van der Waals surface area contributed by atoms with E-state index in [0.717, 1.165) is 32.6 Å². The van der Waals surface area contributed by atoms with Gasteiger partial charge in [-0.25, -0.2) is 0 Å². The molecule has 0 fully saturated rings. The molecule has 0 aromatic rings. The number of rotatable bonds is 5. The van der Waals surface area contributed by atoms with Gasteiger partial charge in [0.15, 0.2) is 0 Å². The maximum atomic E-state index is 10.4. The Labute approximate surface area is 117 Å². The van der Waals surface area contributed by atoms with Crippen LogP contribution >= 0.6 is 0 Å². The molecule has 104 valence electrons. The number of carboxylic acid groups (broad SMARTS) is 2. The van der Waals surface area contributed by atoms with Gasteiger partial charge in [0.25, 0.3) is 5.97 Å². The molecule has 0 aromatic carbocycles. The van der Waals surface area contributed by atoms with E-state index in [1.165, 1.54) is 0 Å². The summed E-state index contributed by atoms with van der Waals surface area (Å²) in [5.41, 5.74) is 0. The van der Waals surface area contributed by atoms with E-state index in [-0.39, 0.29) is 38.9 Å². The van der Waals surface area contributed by atoms with Gasteiger partial charge in [-0.05, 0) is 12.8 Å². The number of carboxylic acids is 2. The molecule has 0 amide bonds. The van der Waals surface area contributed by atoms with E-state index in [1.54, 1.807) is 0 Å². The molecule has 0 radical (unpaired) electrons. The van der Waals surface area contributed by atoms with Crippen molar-refractivity contribution in [3.05, 3.63) is 0 Å². The summed E-state index contributed by atoms with van der Waals surface area (Å²) >= 11 is 0. The molecule has 4 nitrogen and oxygen atoms in total. The van der Waals surface area contributed by atoms with Gasteiger partial charge in [0.2, 0.25) is 0 Å². The maximum absolute atomic E-state index is 10.4. The summed E-state index contributed by atoms with van der Waals surface area (Å²) in [6, 6.07) is 0. The van der Waals surface area contributed by atoms with E-state index in [2.05, 4.69) is 6.92 Å². The normalized spacial score (nSPS) is 9.69. The van der Waals surface area contributed by atoms with Crippen molar-refractivity contribution in [1.82, 2.24) is 0 Å². The van der Waals surface area contributed by atoms with Crippen LogP contribution in [0.3, 0.4) is 0 Å². The summed E-state index contributed by atoms with van der Waals surface area (Å²) in [6.07, 6.45) is 3.71. The summed E-state index contributed by atoms with van der Waals surface area (Å²) in [6.45, 7) is 5.09. The third-order valence-corrected chi connectivity index (χ3v) is 1.75. The summed E-state index contributed by atoms with van der Waals surface area (Å²) in [5, 5.41) is 16.0. The van der Waals surface area contributed by atoms with E-state index < -0.39 is 11.9 Å².